The van der Waals surface area contributed by atoms with Gasteiger partial charge in [-0.15, -0.1) is 0 Å². The number of halogens is 1. The molecular formula is C41H65FN6O8. The maximum absolute atomic E-state index is 14.1. The number of hydrogen-bond acceptors (Lipinski definition) is 8. The number of hydrogen-bond donors (Lipinski definition) is 4. The molecule has 0 aromatic heterocycles. The molecule has 2 fully saturated rings. The van der Waals surface area contributed by atoms with Crippen LogP contribution in [-0.4, -0.2) is 108 Å². The minimum Gasteiger partial charge on any atom is -0.444 e. The van der Waals surface area contributed by atoms with Crippen molar-refractivity contribution in [2.75, 3.05) is 27.2 Å². The highest BCUT2D eigenvalue weighted by Crippen LogP contribution is 2.44. The van der Waals surface area contributed by atoms with E-state index in [0.717, 1.165) is 12.8 Å². The summed E-state index contributed by atoms with van der Waals surface area (Å²) in [7, 11) is 3.07. The fourth-order valence-corrected chi connectivity index (χ4v) is 6.82. The molecule has 1 aliphatic heterocycles. The van der Waals surface area contributed by atoms with Crippen LogP contribution >= 0.6 is 0 Å². The van der Waals surface area contributed by atoms with Gasteiger partial charge in [0.15, 0.2) is 0 Å². The number of benzene rings is 1. The third kappa shape index (κ3) is 14.2. The number of carbonyl (C=O) groups excluding carboxylic acids is 7. The zero-order chi connectivity index (χ0) is 42.2. The Morgan fingerprint density at radius 2 is 1.59 bits per heavy atom. The van der Waals surface area contributed by atoms with Gasteiger partial charge in [0.1, 0.15) is 23.7 Å². The van der Waals surface area contributed by atoms with Crippen LogP contribution in [0, 0.1) is 5.41 Å². The third-order valence-corrected chi connectivity index (χ3v) is 10.0. The van der Waals surface area contributed by atoms with Gasteiger partial charge >= 0.3 is 6.09 Å². The first-order chi connectivity index (χ1) is 26.3. The molecule has 2 aliphatic rings. The molecule has 14 nitrogen and oxygen atoms in total. The van der Waals surface area contributed by atoms with Gasteiger partial charge in [0.25, 0.3) is 5.91 Å². The van der Waals surface area contributed by atoms with Crippen molar-refractivity contribution in [3.8, 4) is 0 Å². The summed E-state index contributed by atoms with van der Waals surface area (Å²) in [6.07, 6.45) is 3.27. The highest BCUT2D eigenvalue weighted by Gasteiger charge is 2.49. The minimum atomic E-state index is -1.44. The van der Waals surface area contributed by atoms with E-state index in [1.54, 1.807) is 44.2 Å². The van der Waals surface area contributed by atoms with Gasteiger partial charge in [0.2, 0.25) is 29.4 Å². The lowest BCUT2D eigenvalue weighted by molar-refractivity contribution is -0.145. The van der Waals surface area contributed by atoms with Crippen molar-refractivity contribution in [3.63, 3.8) is 0 Å². The first-order valence-electron chi connectivity index (χ1n) is 19.9. The predicted octanol–water partition coefficient (Wildman–Crippen LogP) is 4.51. The van der Waals surface area contributed by atoms with Crippen molar-refractivity contribution in [1.29, 1.82) is 0 Å². The third-order valence-electron chi connectivity index (χ3n) is 10.0. The summed E-state index contributed by atoms with van der Waals surface area (Å²) in [6.45, 7) is 12.6. The second-order valence-corrected chi connectivity index (χ2v) is 16.0. The van der Waals surface area contributed by atoms with E-state index in [4.69, 9.17) is 4.74 Å². The number of nitrogens with one attached hydrogen (secondary N) is 4. The second-order valence-electron chi connectivity index (χ2n) is 16.0. The Bertz CT molecular complexity index is 1500. The number of carbonyl (C=O) groups is 7. The van der Waals surface area contributed by atoms with E-state index < -0.39 is 89.3 Å². The normalized spacial score (nSPS) is 18.0. The quantitative estimate of drug-likeness (QED) is 0.157. The molecule has 3 rings (SSSR count). The average molecular weight is 789 g/mol. The van der Waals surface area contributed by atoms with Crippen LogP contribution in [-0.2, 0) is 33.5 Å². The van der Waals surface area contributed by atoms with E-state index in [1.807, 2.05) is 13.8 Å². The smallest absolute Gasteiger partial charge is 0.408 e. The summed E-state index contributed by atoms with van der Waals surface area (Å²) in [6, 6.07) is 4.07. The molecule has 1 aliphatic carbocycles. The Kier molecular flexibility index (Phi) is 18.9. The van der Waals surface area contributed by atoms with Gasteiger partial charge in [0.05, 0.1) is 18.8 Å². The van der Waals surface area contributed by atoms with Gasteiger partial charge in [-0.2, -0.15) is 0 Å². The number of rotatable bonds is 18. The van der Waals surface area contributed by atoms with Gasteiger partial charge in [-0.1, -0.05) is 77.3 Å². The van der Waals surface area contributed by atoms with Crippen LogP contribution in [0.15, 0.2) is 30.3 Å². The number of amides is 6. The maximum Gasteiger partial charge on any atom is 0.408 e. The molecule has 314 valence electrons. The lowest BCUT2D eigenvalue weighted by atomic mass is 9.65. The number of alkyl halides is 1. The Morgan fingerprint density at radius 1 is 0.964 bits per heavy atom. The van der Waals surface area contributed by atoms with Gasteiger partial charge in [-0.05, 0) is 76.7 Å². The molecule has 1 saturated carbocycles. The van der Waals surface area contributed by atoms with Gasteiger partial charge in [0, 0.05) is 20.6 Å². The molecule has 5 atom stereocenters. The SMILES string of the molecule is CCC.CCCC(C)(C)OC(=O)NC(C(=O)N1CCCC1C(=O)NC(CCC(C)F)C(=O)C(=O)NCC(=O)NC(C(=O)N(C)C)c1ccccc1)C1(C)CCC1. The standard InChI is InChI=1S/C38H57FN6O8.C3H8/c1-8-19-37(3,4)53-36(52)43-31(38(5)20-13-21-38)35(51)45-22-12-16-27(45)32(48)41-26(18-17-24(2)39)30(47)33(49)40-23-28(46)42-29(34(50)44(6)7)25-14-10-9-11-15-25;1-3-2/h9-11,14-15,24,26-27,29,31H,8,12-13,16-23H2,1-7H3,(H,40,49)(H,41,48)(H,42,46)(H,43,52);3H2,1-2H3. The fraction of sp³-hybridized carbons (Fsp3) is 0.683. The van der Waals surface area contributed by atoms with Crippen LogP contribution in [0.1, 0.15) is 124 Å². The molecule has 6 amide bonds. The molecule has 1 heterocycles. The number of likely N-dealkylation sites (tertiary alicyclic amines) is 1. The van der Waals surface area contributed by atoms with Crippen LogP contribution in [0.3, 0.4) is 0 Å². The molecule has 0 spiro atoms. The van der Waals surface area contributed by atoms with E-state index in [0.29, 0.717) is 31.2 Å². The van der Waals surface area contributed by atoms with Gasteiger partial charge < -0.3 is 35.8 Å². The lowest BCUT2D eigenvalue weighted by Gasteiger charge is -2.45. The molecule has 0 radical (unpaired) electrons. The summed E-state index contributed by atoms with van der Waals surface area (Å²) >= 11 is 0. The summed E-state index contributed by atoms with van der Waals surface area (Å²) < 4.78 is 19.6. The topological polar surface area (TPSA) is 183 Å². The highest BCUT2D eigenvalue weighted by atomic mass is 19.1. The summed E-state index contributed by atoms with van der Waals surface area (Å²) in [5.74, 6) is -4.56. The van der Waals surface area contributed by atoms with Crippen molar-refractivity contribution in [2.24, 2.45) is 5.41 Å². The van der Waals surface area contributed by atoms with E-state index in [9.17, 15) is 38.0 Å². The summed E-state index contributed by atoms with van der Waals surface area (Å²) in [4.78, 5) is 95.5. The van der Waals surface area contributed by atoms with Crippen molar-refractivity contribution in [1.82, 2.24) is 31.1 Å². The van der Waals surface area contributed by atoms with E-state index >= 15 is 0 Å². The number of likely N-dealkylation sites (N-methyl/N-ethyl adjacent to an activating group) is 1. The van der Waals surface area contributed by atoms with Crippen LogP contribution < -0.4 is 21.3 Å². The van der Waals surface area contributed by atoms with E-state index in [2.05, 4.69) is 35.1 Å². The fourth-order valence-electron chi connectivity index (χ4n) is 6.82. The Balaban J connectivity index is 0.00000349. The minimum absolute atomic E-state index is 0.149. The van der Waals surface area contributed by atoms with Crippen molar-refractivity contribution in [3.05, 3.63) is 35.9 Å². The highest BCUT2D eigenvalue weighted by molar-refractivity contribution is 6.38. The van der Waals surface area contributed by atoms with Gasteiger partial charge in [-0.25, -0.2) is 9.18 Å². The Hall–Kier alpha value is -4.56. The van der Waals surface area contributed by atoms with Gasteiger partial charge in [-0.3, -0.25) is 28.8 Å². The predicted molar refractivity (Wildman–Crippen MR) is 211 cm³/mol. The molecule has 5 unspecified atom stereocenters. The summed E-state index contributed by atoms with van der Waals surface area (Å²) in [5, 5.41) is 10.2. The second kappa shape index (κ2) is 22.2. The molecule has 1 aromatic carbocycles. The molecule has 0 bridgehead atoms. The van der Waals surface area contributed by atoms with Crippen LogP contribution in [0.4, 0.5) is 9.18 Å². The molecule has 4 N–H and O–H groups in total. The number of ketones is 1. The monoisotopic (exact) mass is 788 g/mol. The number of alkyl carbamates (subject to hydrolysis) is 1. The first-order valence-corrected chi connectivity index (χ1v) is 19.9. The number of nitrogens with zero attached hydrogens (tertiary/aromatic N) is 2. The van der Waals surface area contributed by atoms with Crippen LogP contribution in [0.2, 0.25) is 0 Å². The largest absolute Gasteiger partial charge is 0.444 e. The number of ether oxygens (including phenoxy) is 1. The zero-order valence-electron chi connectivity index (χ0n) is 34.8. The number of Topliss-reactive ketones (excluding diaryl/α,β-unsaturated/α-hetero) is 1. The molecule has 1 aromatic rings. The summed E-state index contributed by atoms with van der Waals surface area (Å²) in [5.41, 5.74) is -0.771. The van der Waals surface area contributed by atoms with Crippen LogP contribution in [0.25, 0.3) is 0 Å². The van der Waals surface area contributed by atoms with E-state index in [1.165, 1.54) is 37.2 Å². The van der Waals surface area contributed by atoms with Crippen LogP contribution in [0.5, 0.6) is 0 Å². The Morgan fingerprint density at radius 3 is 2.12 bits per heavy atom. The Labute approximate surface area is 331 Å². The van der Waals surface area contributed by atoms with Crippen molar-refractivity contribution < 1.29 is 42.7 Å². The lowest BCUT2D eigenvalue weighted by Crippen LogP contribution is -2.61. The molecular weight excluding hydrogens is 723 g/mol. The molecule has 15 heteroatoms. The van der Waals surface area contributed by atoms with Crippen molar-refractivity contribution in [2.45, 2.75) is 149 Å². The van der Waals surface area contributed by atoms with Crippen molar-refractivity contribution >= 4 is 41.4 Å². The molecule has 1 saturated heterocycles. The average Bonchev–Trinajstić information content (AvgIpc) is 3.62. The first kappa shape index (κ1) is 47.6. The van der Waals surface area contributed by atoms with E-state index in [-0.39, 0.29) is 25.8 Å². The molecule has 56 heavy (non-hydrogen) atoms. The maximum atomic E-state index is 14.1. The zero-order valence-corrected chi connectivity index (χ0v) is 34.8.